The van der Waals surface area contributed by atoms with Crippen LogP contribution in [0.2, 0.25) is 0 Å². The van der Waals surface area contributed by atoms with Crippen LogP contribution in [0, 0.1) is 0 Å². The van der Waals surface area contributed by atoms with Crippen molar-refractivity contribution in [3.8, 4) is 0 Å². The summed E-state index contributed by atoms with van der Waals surface area (Å²) in [6, 6.07) is 20.6. The molecule has 0 aromatic heterocycles. The Hall–Kier alpha value is -1.60. The third-order valence-electron chi connectivity index (χ3n) is 4.92. The van der Waals surface area contributed by atoms with E-state index in [1.54, 1.807) is 0 Å². The lowest BCUT2D eigenvalue weighted by molar-refractivity contribution is 0.248. The second-order valence-corrected chi connectivity index (χ2v) is 5.89. The highest BCUT2D eigenvalue weighted by atomic mass is 15.0. The van der Waals surface area contributed by atoms with Crippen LogP contribution in [-0.4, -0.2) is 6.54 Å². The van der Waals surface area contributed by atoms with Crippen molar-refractivity contribution in [1.82, 2.24) is 5.32 Å². The van der Waals surface area contributed by atoms with Gasteiger partial charge in [0.2, 0.25) is 0 Å². The van der Waals surface area contributed by atoms with Crippen LogP contribution < -0.4 is 5.32 Å². The summed E-state index contributed by atoms with van der Waals surface area (Å²) >= 11 is 0. The highest BCUT2D eigenvalue weighted by Crippen LogP contribution is 2.51. The Morgan fingerprint density at radius 1 is 0.947 bits per heavy atom. The number of hydrogen-bond acceptors (Lipinski definition) is 1. The van der Waals surface area contributed by atoms with Gasteiger partial charge in [0.05, 0.1) is 0 Å². The number of hydrogen-bond donors (Lipinski definition) is 1. The fraction of sp³-hybridized carbons (Fsp3) is 0.333. The van der Waals surface area contributed by atoms with E-state index >= 15 is 0 Å². The monoisotopic (exact) mass is 249 g/mol. The van der Waals surface area contributed by atoms with Crippen molar-refractivity contribution in [2.75, 3.05) is 6.54 Å². The Balaban J connectivity index is 1.87. The molecule has 0 amide bonds. The first-order valence-electron chi connectivity index (χ1n) is 7.27. The molecule has 1 N–H and O–H groups in total. The smallest absolute Gasteiger partial charge is 0.0424 e. The van der Waals surface area contributed by atoms with E-state index in [9.17, 15) is 0 Å². The molecule has 2 unspecified atom stereocenters. The summed E-state index contributed by atoms with van der Waals surface area (Å²) < 4.78 is 0. The predicted octanol–water partition coefficient (Wildman–Crippen LogP) is 3.61. The van der Waals surface area contributed by atoms with Gasteiger partial charge in [0.1, 0.15) is 0 Å². The SMILES string of the molecule is c1ccc(C23CCCNC2c2ccccc2C3)cc1. The van der Waals surface area contributed by atoms with Crippen molar-refractivity contribution in [3.05, 3.63) is 71.3 Å². The number of piperidine rings is 1. The first kappa shape index (κ1) is 11.2. The van der Waals surface area contributed by atoms with Crippen molar-refractivity contribution in [2.45, 2.75) is 30.7 Å². The van der Waals surface area contributed by atoms with Gasteiger partial charge in [0, 0.05) is 11.5 Å². The number of nitrogens with one attached hydrogen (secondary N) is 1. The van der Waals surface area contributed by atoms with Crippen molar-refractivity contribution in [3.63, 3.8) is 0 Å². The maximum absolute atomic E-state index is 3.78. The molecule has 96 valence electrons. The molecular formula is C18H19N. The zero-order chi connectivity index (χ0) is 12.7. The van der Waals surface area contributed by atoms with Crippen molar-refractivity contribution in [1.29, 1.82) is 0 Å². The molecule has 1 fully saturated rings. The summed E-state index contributed by atoms with van der Waals surface area (Å²) in [5.74, 6) is 0. The largest absolute Gasteiger partial charge is 0.309 e. The van der Waals surface area contributed by atoms with Gasteiger partial charge in [-0.15, -0.1) is 0 Å². The molecule has 0 saturated carbocycles. The van der Waals surface area contributed by atoms with Gasteiger partial charge in [-0.1, -0.05) is 54.6 Å². The van der Waals surface area contributed by atoms with E-state index in [0.717, 1.165) is 6.54 Å². The van der Waals surface area contributed by atoms with Gasteiger partial charge >= 0.3 is 0 Å². The molecule has 1 heterocycles. The molecule has 2 aromatic rings. The summed E-state index contributed by atoms with van der Waals surface area (Å²) in [4.78, 5) is 0. The van der Waals surface area contributed by atoms with Gasteiger partial charge in [-0.05, 0) is 42.5 Å². The van der Waals surface area contributed by atoms with Crippen LogP contribution in [0.3, 0.4) is 0 Å². The third-order valence-corrected chi connectivity index (χ3v) is 4.92. The zero-order valence-corrected chi connectivity index (χ0v) is 11.1. The molecular weight excluding hydrogens is 230 g/mol. The third kappa shape index (κ3) is 1.58. The topological polar surface area (TPSA) is 12.0 Å². The molecule has 2 aromatic carbocycles. The van der Waals surface area contributed by atoms with Crippen LogP contribution in [0.4, 0.5) is 0 Å². The first-order chi connectivity index (χ1) is 9.40. The van der Waals surface area contributed by atoms with E-state index in [-0.39, 0.29) is 5.41 Å². The van der Waals surface area contributed by atoms with E-state index in [0.29, 0.717) is 6.04 Å². The average molecular weight is 249 g/mol. The predicted molar refractivity (Wildman–Crippen MR) is 78.2 cm³/mol. The Bertz CT molecular complexity index is 590. The molecule has 0 radical (unpaired) electrons. The summed E-state index contributed by atoms with van der Waals surface area (Å²) in [5, 5.41) is 3.78. The maximum Gasteiger partial charge on any atom is 0.0424 e. The lowest BCUT2D eigenvalue weighted by atomic mass is 9.69. The van der Waals surface area contributed by atoms with Crippen LogP contribution in [0.15, 0.2) is 54.6 Å². The normalized spacial score (nSPS) is 28.7. The quantitative estimate of drug-likeness (QED) is 0.814. The Morgan fingerprint density at radius 2 is 1.74 bits per heavy atom. The summed E-state index contributed by atoms with van der Waals surface area (Å²) in [7, 11) is 0. The zero-order valence-electron chi connectivity index (χ0n) is 11.1. The molecule has 1 heteroatoms. The van der Waals surface area contributed by atoms with Crippen molar-refractivity contribution < 1.29 is 0 Å². The second kappa shape index (κ2) is 4.21. The van der Waals surface area contributed by atoms with Gasteiger partial charge in [-0.25, -0.2) is 0 Å². The molecule has 1 aliphatic heterocycles. The van der Waals surface area contributed by atoms with Gasteiger partial charge in [0.15, 0.2) is 0 Å². The van der Waals surface area contributed by atoms with E-state index in [1.807, 2.05) is 0 Å². The van der Waals surface area contributed by atoms with Crippen LogP contribution in [0.1, 0.15) is 35.6 Å². The molecule has 0 spiro atoms. The summed E-state index contributed by atoms with van der Waals surface area (Å²) in [5.41, 5.74) is 4.84. The minimum atomic E-state index is 0.281. The average Bonchev–Trinajstić information content (AvgIpc) is 2.84. The van der Waals surface area contributed by atoms with E-state index < -0.39 is 0 Å². The summed E-state index contributed by atoms with van der Waals surface area (Å²) in [6.07, 6.45) is 3.76. The second-order valence-electron chi connectivity index (χ2n) is 5.89. The lowest BCUT2D eigenvalue weighted by Crippen LogP contribution is -2.44. The van der Waals surface area contributed by atoms with E-state index in [1.165, 1.54) is 36.0 Å². The summed E-state index contributed by atoms with van der Waals surface area (Å²) in [6.45, 7) is 1.15. The van der Waals surface area contributed by atoms with Gasteiger partial charge < -0.3 is 5.32 Å². The van der Waals surface area contributed by atoms with Crippen LogP contribution >= 0.6 is 0 Å². The Labute approximate surface area is 114 Å². The number of fused-ring (bicyclic) bond motifs is 3. The van der Waals surface area contributed by atoms with Gasteiger partial charge in [0.25, 0.3) is 0 Å². The highest BCUT2D eigenvalue weighted by molar-refractivity contribution is 5.46. The molecule has 2 atom stereocenters. The maximum atomic E-state index is 3.78. The van der Waals surface area contributed by atoms with Crippen LogP contribution in [-0.2, 0) is 11.8 Å². The molecule has 1 saturated heterocycles. The Kier molecular flexibility index (Phi) is 2.49. The van der Waals surface area contributed by atoms with Crippen molar-refractivity contribution >= 4 is 0 Å². The van der Waals surface area contributed by atoms with Crippen LogP contribution in [0.5, 0.6) is 0 Å². The lowest BCUT2D eigenvalue weighted by Gasteiger charge is -2.41. The van der Waals surface area contributed by atoms with Crippen LogP contribution in [0.25, 0.3) is 0 Å². The van der Waals surface area contributed by atoms with Crippen molar-refractivity contribution in [2.24, 2.45) is 0 Å². The molecule has 1 nitrogen and oxygen atoms in total. The molecule has 4 rings (SSSR count). The molecule has 0 bridgehead atoms. The Morgan fingerprint density at radius 3 is 2.63 bits per heavy atom. The minimum absolute atomic E-state index is 0.281. The van der Waals surface area contributed by atoms with Gasteiger partial charge in [-0.3, -0.25) is 0 Å². The first-order valence-corrected chi connectivity index (χ1v) is 7.27. The fourth-order valence-electron chi connectivity index (χ4n) is 4.09. The highest BCUT2D eigenvalue weighted by Gasteiger charge is 2.48. The van der Waals surface area contributed by atoms with Gasteiger partial charge in [-0.2, -0.15) is 0 Å². The van der Waals surface area contributed by atoms with E-state index in [4.69, 9.17) is 0 Å². The fourth-order valence-corrected chi connectivity index (χ4v) is 4.09. The molecule has 1 aliphatic carbocycles. The number of benzene rings is 2. The standard InChI is InChI=1S/C18H19N/c1-2-8-15(9-3-1)18-11-6-12-19-17(18)16-10-5-4-7-14(16)13-18/h1-5,7-10,17,19H,6,11-13H2. The van der Waals surface area contributed by atoms with E-state index in [2.05, 4.69) is 59.9 Å². The number of rotatable bonds is 1. The molecule has 19 heavy (non-hydrogen) atoms. The minimum Gasteiger partial charge on any atom is -0.309 e. The molecule has 2 aliphatic rings.